The molecule has 0 fully saturated rings. The van der Waals surface area contributed by atoms with Gasteiger partial charge in [0.25, 0.3) is 0 Å². The molecule has 0 unspecified atom stereocenters. The lowest BCUT2D eigenvalue weighted by atomic mass is 10.1. The van der Waals surface area contributed by atoms with Crippen molar-refractivity contribution in [2.24, 2.45) is 0 Å². The van der Waals surface area contributed by atoms with Gasteiger partial charge in [0, 0.05) is 0 Å². The average molecular weight is 247 g/mol. The van der Waals surface area contributed by atoms with Crippen LogP contribution >= 0.6 is 0 Å². The molecule has 3 heteroatoms. The second kappa shape index (κ2) is 5.08. The molecule has 0 saturated carbocycles. The number of benzene rings is 2. The van der Waals surface area contributed by atoms with Crippen LogP contribution in [0.2, 0.25) is 0 Å². The van der Waals surface area contributed by atoms with E-state index in [1.807, 2.05) is 18.2 Å². The third-order valence-corrected chi connectivity index (χ3v) is 2.45. The van der Waals surface area contributed by atoms with Crippen LogP contribution in [-0.4, -0.2) is 0 Å². The molecule has 0 aromatic heterocycles. The SMILES string of the molecule is FC(F)(F)c1ccc(C=Cc2cc[c]cc2)cc1. The Balaban J connectivity index is 2.14. The Hall–Kier alpha value is -2.03. The van der Waals surface area contributed by atoms with Gasteiger partial charge in [-0.2, -0.15) is 13.2 Å². The van der Waals surface area contributed by atoms with Crippen molar-refractivity contribution in [2.45, 2.75) is 6.18 Å². The molecule has 0 saturated heterocycles. The van der Waals surface area contributed by atoms with Gasteiger partial charge in [0.15, 0.2) is 0 Å². The first-order valence-electron chi connectivity index (χ1n) is 5.37. The molecule has 1 radical (unpaired) electrons. The van der Waals surface area contributed by atoms with E-state index in [2.05, 4.69) is 6.07 Å². The Morgan fingerprint density at radius 2 is 1.28 bits per heavy atom. The van der Waals surface area contributed by atoms with Crippen molar-refractivity contribution in [3.63, 3.8) is 0 Å². The van der Waals surface area contributed by atoms with Gasteiger partial charge in [0.2, 0.25) is 0 Å². The standard InChI is InChI=1S/C15H10F3/c16-15(17,18)14-10-8-13(9-11-14)7-6-12-4-2-1-3-5-12/h2-11H. The van der Waals surface area contributed by atoms with Gasteiger partial charge in [0.05, 0.1) is 5.56 Å². The fourth-order valence-electron chi connectivity index (χ4n) is 1.49. The summed E-state index contributed by atoms with van der Waals surface area (Å²) in [6, 6.07) is 15.3. The summed E-state index contributed by atoms with van der Waals surface area (Å²) in [5, 5.41) is 0. The molecule has 0 bridgehead atoms. The molecule has 0 aliphatic carbocycles. The van der Waals surface area contributed by atoms with Crippen molar-refractivity contribution >= 4 is 12.2 Å². The minimum atomic E-state index is -4.28. The predicted molar refractivity (Wildman–Crippen MR) is 65.7 cm³/mol. The number of halogens is 3. The van der Waals surface area contributed by atoms with E-state index in [1.54, 1.807) is 18.2 Å². The monoisotopic (exact) mass is 247 g/mol. The van der Waals surface area contributed by atoms with Crippen LogP contribution in [0.3, 0.4) is 0 Å². The van der Waals surface area contributed by atoms with Crippen LogP contribution in [0.15, 0.2) is 48.5 Å². The average Bonchev–Trinajstić information content (AvgIpc) is 2.37. The van der Waals surface area contributed by atoms with Gasteiger partial charge < -0.3 is 0 Å². The van der Waals surface area contributed by atoms with Gasteiger partial charge in [-0.25, -0.2) is 0 Å². The highest BCUT2D eigenvalue weighted by atomic mass is 19.4. The lowest BCUT2D eigenvalue weighted by molar-refractivity contribution is -0.137. The zero-order chi connectivity index (χ0) is 13.0. The largest absolute Gasteiger partial charge is 0.416 e. The summed E-state index contributed by atoms with van der Waals surface area (Å²) in [7, 11) is 0. The highest BCUT2D eigenvalue weighted by Crippen LogP contribution is 2.29. The minimum absolute atomic E-state index is 0.631. The fraction of sp³-hybridized carbons (Fsp3) is 0.0667. The minimum Gasteiger partial charge on any atom is -0.166 e. The number of rotatable bonds is 2. The van der Waals surface area contributed by atoms with Gasteiger partial charge in [-0.05, 0) is 29.3 Å². The van der Waals surface area contributed by atoms with Gasteiger partial charge in [-0.15, -0.1) is 0 Å². The molecule has 2 aromatic carbocycles. The normalized spacial score (nSPS) is 11.9. The Kier molecular flexibility index (Phi) is 3.51. The highest BCUT2D eigenvalue weighted by molar-refractivity contribution is 5.69. The fourth-order valence-corrected chi connectivity index (χ4v) is 1.49. The smallest absolute Gasteiger partial charge is 0.166 e. The van der Waals surface area contributed by atoms with E-state index in [0.717, 1.165) is 23.3 Å². The summed E-state index contributed by atoms with van der Waals surface area (Å²) in [5.74, 6) is 0. The molecule has 18 heavy (non-hydrogen) atoms. The Labute approximate surface area is 103 Å². The van der Waals surface area contributed by atoms with E-state index in [-0.39, 0.29) is 0 Å². The molecule has 0 atom stereocenters. The Morgan fingerprint density at radius 3 is 1.78 bits per heavy atom. The van der Waals surface area contributed by atoms with Gasteiger partial charge >= 0.3 is 6.18 Å². The second-order valence-corrected chi connectivity index (χ2v) is 3.79. The van der Waals surface area contributed by atoms with Crippen LogP contribution in [0.4, 0.5) is 13.2 Å². The molecule has 0 nitrogen and oxygen atoms in total. The third-order valence-electron chi connectivity index (χ3n) is 2.45. The van der Waals surface area contributed by atoms with E-state index >= 15 is 0 Å². The molecule has 0 spiro atoms. The topological polar surface area (TPSA) is 0 Å². The molecule has 91 valence electrons. The Morgan fingerprint density at radius 1 is 0.778 bits per heavy atom. The van der Waals surface area contributed by atoms with Crippen molar-refractivity contribution < 1.29 is 13.2 Å². The summed E-state index contributed by atoms with van der Waals surface area (Å²) in [6.07, 6.45) is -0.663. The van der Waals surface area contributed by atoms with Crippen LogP contribution in [0.1, 0.15) is 16.7 Å². The molecular weight excluding hydrogens is 237 g/mol. The first-order valence-corrected chi connectivity index (χ1v) is 5.37. The first kappa shape index (κ1) is 12.4. The van der Waals surface area contributed by atoms with Gasteiger partial charge in [-0.3, -0.25) is 0 Å². The molecule has 0 N–H and O–H groups in total. The maximum absolute atomic E-state index is 12.3. The van der Waals surface area contributed by atoms with Crippen molar-refractivity contribution in [3.8, 4) is 0 Å². The van der Waals surface area contributed by atoms with Crippen LogP contribution in [0, 0.1) is 6.07 Å². The van der Waals surface area contributed by atoms with E-state index in [1.165, 1.54) is 12.1 Å². The summed E-state index contributed by atoms with van der Waals surface area (Å²) >= 11 is 0. The van der Waals surface area contributed by atoms with Crippen LogP contribution in [0.25, 0.3) is 12.2 Å². The maximum Gasteiger partial charge on any atom is 0.416 e. The molecule has 0 amide bonds. The third kappa shape index (κ3) is 3.23. The summed E-state index contributed by atoms with van der Waals surface area (Å²) in [5.41, 5.74) is 1.08. The molecule has 0 heterocycles. The van der Waals surface area contributed by atoms with Crippen molar-refractivity contribution in [1.82, 2.24) is 0 Å². The number of hydrogen-bond donors (Lipinski definition) is 0. The second-order valence-electron chi connectivity index (χ2n) is 3.79. The quantitative estimate of drug-likeness (QED) is 0.676. The molecular formula is C15H10F3. The zero-order valence-electron chi connectivity index (χ0n) is 9.41. The van der Waals surface area contributed by atoms with Gasteiger partial charge in [0.1, 0.15) is 0 Å². The van der Waals surface area contributed by atoms with E-state index in [4.69, 9.17) is 0 Å². The molecule has 0 aliphatic rings. The Bertz CT molecular complexity index is 522. The molecule has 0 aliphatic heterocycles. The van der Waals surface area contributed by atoms with Crippen LogP contribution < -0.4 is 0 Å². The summed E-state index contributed by atoms with van der Waals surface area (Å²) in [4.78, 5) is 0. The van der Waals surface area contributed by atoms with E-state index < -0.39 is 11.7 Å². The van der Waals surface area contributed by atoms with Crippen molar-refractivity contribution in [2.75, 3.05) is 0 Å². The highest BCUT2D eigenvalue weighted by Gasteiger charge is 2.29. The van der Waals surface area contributed by atoms with Crippen LogP contribution in [-0.2, 0) is 6.18 Å². The maximum atomic E-state index is 12.3. The van der Waals surface area contributed by atoms with Gasteiger partial charge in [-0.1, -0.05) is 48.6 Å². The lowest BCUT2D eigenvalue weighted by Crippen LogP contribution is -2.03. The van der Waals surface area contributed by atoms with E-state index in [0.29, 0.717) is 0 Å². The van der Waals surface area contributed by atoms with Crippen molar-refractivity contribution in [1.29, 1.82) is 0 Å². The predicted octanol–water partition coefficient (Wildman–Crippen LogP) is 4.68. The summed E-state index contributed by atoms with van der Waals surface area (Å²) in [6.45, 7) is 0. The number of alkyl halides is 3. The molecule has 2 rings (SSSR count). The molecule has 2 aromatic rings. The van der Waals surface area contributed by atoms with E-state index in [9.17, 15) is 13.2 Å². The van der Waals surface area contributed by atoms with Crippen molar-refractivity contribution in [3.05, 3.63) is 71.3 Å². The zero-order valence-corrected chi connectivity index (χ0v) is 9.41. The van der Waals surface area contributed by atoms with Crippen LogP contribution in [0.5, 0.6) is 0 Å². The number of hydrogen-bond acceptors (Lipinski definition) is 0. The lowest BCUT2D eigenvalue weighted by Gasteiger charge is -2.05. The first-order chi connectivity index (χ1) is 8.55. The summed E-state index contributed by atoms with van der Waals surface area (Å²) < 4.78 is 37.0.